The van der Waals surface area contributed by atoms with Gasteiger partial charge in [0.25, 0.3) is 0 Å². The van der Waals surface area contributed by atoms with E-state index in [1.165, 1.54) is 11.1 Å². The number of carbonyl (C=O) groups is 1. The third-order valence-electron chi connectivity index (χ3n) is 5.66. The second kappa shape index (κ2) is 11.8. The Balaban J connectivity index is 1.54. The molecule has 0 aliphatic heterocycles. The fourth-order valence-corrected chi connectivity index (χ4v) is 3.90. The first-order valence-electron chi connectivity index (χ1n) is 11.4. The minimum absolute atomic E-state index is 0.497. The lowest BCUT2D eigenvalue weighted by atomic mass is 10.1. The van der Waals surface area contributed by atoms with Crippen LogP contribution in [0.1, 0.15) is 32.6 Å². The van der Waals surface area contributed by atoms with Gasteiger partial charge in [-0.05, 0) is 41.3 Å². The lowest BCUT2D eigenvalue weighted by molar-refractivity contribution is 0.112. The Kier molecular flexibility index (Phi) is 8.04. The molecule has 0 unspecified atom stereocenters. The van der Waals surface area contributed by atoms with Crippen molar-refractivity contribution in [2.75, 3.05) is 6.54 Å². The number of hydrogen-bond donors (Lipinski definition) is 0. The van der Waals surface area contributed by atoms with Gasteiger partial charge in [0.05, 0.1) is 0 Å². The first-order valence-corrected chi connectivity index (χ1v) is 11.4. The van der Waals surface area contributed by atoms with Crippen molar-refractivity contribution >= 4 is 6.29 Å². The molecule has 3 heteroatoms. The Bertz CT molecular complexity index is 1130. The number of rotatable bonds is 11. The highest BCUT2D eigenvalue weighted by Crippen LogP contribution is 2.24. The lowest BCUT2D eigenvalue weighted by Crippen LogP contribution is -2.25. The average Bonchev–Trinajstić information content (AvgIpc) is 2.88. The smallest absolute Gasteiger partial charge is 0.150 e. The second-order valence-corrected chi connectivity index (χ2v) is 8.19. The Morgan fingerprint density at radius 1 is 0.667 bits per heavy atom. The minimum Gasteiger partial charge on any atom is -0.489 e. The normalized spacial score (nSPS) is 10.8. The summed E-state index contributed by atoms with van der Waals surface area (Å²) >= 11 is 0. The van der Waals surface area contributed by atoms with Crippen LogP contribution in [0.25, 0.3) is 0 Å². The van der Waals surface area contributed by atoms with Crippen LogP contribution in [0, 0.1) is 0 Å². The Hall–Kier alpha value is -3.69. The highest BCUT2D eigenvalue weighted by molar-refractivity contribution is 5.75. The number of carbonyl (C=O) groups excluding carboxylic acids is 1. The fourth-order valence-electron chi connectivity index (χ4n) is 3.90. The maximum Gasteiger partial charge on any atom is 0.150 e. The molecule has 166 valence electrons. The van der Waals surface area contributed by atoms with Crippen molar-refractivity contribution in [3.05, 3.63) is 137 Å². The summed E-state index contributed by atoms with van der Waals surface area (Å²) in [6, 6.07) is 36.9. The molecule has 3 nitrogen and oxygen atoms in total. The van der Waals surface area contributed by atoms with E-state index in [4.69, 9.17) is 4.74 Å². The molecule has 0 aliphatic carbocycles. The van der Waals surface area contributed by atoms with Crippen molar-refractivity contribution in [1.82, 2.24) is 4.90 Å². The average molecular weight is 436 g/mol. The Morgan fingerprint density at radius 2 is 1.27 bits per heavy atom. The first-order chi connectivity index (χ1) is 16.3. The van der Waals surface area contributed by atoms with Gasteiger partial charge in [-0.3, -0.25) is 9.69 Å². The maximum absolute atomic E-state index is 11.5. The van der Waals surface area contributed by atoms with Gasteiger partial charge in [-0.2, -0.15) is 0 Å². The summed E-state index contributed by atoms with van der Waals surface area (Å²) in [6.07, 6.45) is 1.86. The summed E-state index contributed by atoms with van der Waals surface area (Å²) in [5.74, 6) is 0.822. The minimum atomic E-state index is 0.497. The van der Waals surface area contributed by atoms with Crippen LogP contribution in [0.15, 0.2) is 109 Å². The van der Waals surface area contributed by atoms with Gasteiger partial charge >= 0.3 is 0 Å². The highest BCUT2D eigenvalue weighted by Gasteiger charge is 2.13. The van der Waals surface area contributed by atoms with Gasteiger partial charge in [0.1, 0.15) is 18.6 Å². The standard InChI is InChI=1S/C30H29NO2/c32-23-28-16-17-30(33-24-27-14-8-3-9-15-27)29(20-28)22-31(21-26-12-6-2-7-13-26)19-18-25-10-4-1-5-11-25/h1-17,20,23H,18-19,21-22,24H2. The fraction of sp³-hybridized carbons (Fsp3) is 0.167. The summed E-state index contributed by atoms with van der Waals surface area (Å²) in [7, 11) is 0. The van der Waals surface area contributed by atoms with Crippen LogP contribution < -0.4 is 4.74 Å². The molecule has 33 heavy (non-hydrogen) atoms. The highest BCUT2D eigenvalue weighted by atomic mass is 16.5. The van der Waals surface area contributed by atoms with Crippen LogP contribution in [0.4, 0.5) is 0 Å². The molecule has 0 aromatic heterocycles. The van der Waals surface area contributed by atoms with Crippen molar-refractivity contribution in [1.29, 1.82) is 0 Å². The van der Waals surface area contributed by atoms with Crippen LogP contribution in [0.5, 0.6) is 5.75 Å². The third kappa shape index (κ3) is 6.90. The van der Waals surface area contributed by atoms with Gasteiger partial charge in [0.15, 0.2) is 0 Å². The molecule has 0 heterocycles. The first kappa shape index (κ1) is 22.5. The summed E-state index contributed by atoms with van der Waals surface area (Å²) < 4.78 is 6.19. The van der Waals surface area contributed by atoms with Gasteiger partial charge in [0, 0.05) is 30.8 Å². The van der Waals surface area contributed by atoms with E-state index in [1.807, 2.05) is 48.5 Å². The molecule has 4 aromatic carbocycles. The van der Waals surface area contributed by atoms with Gasteiger partial charge in [-0.25, -0.2) is 0 Å². The quantitative estimate of drug-likeness (QED) is 0.258. The van der Waals surface area contributed by atoms with E-state index < -0.39 is 0 Å². The molecule has 0 bridgehead atoms. The topological polar surface area (TPSA) is 29.5 Å². The van der Waals surface area contributed by atoms with E-state index in [1.54, 1.807) is 0 Å². The van der Waals surface area contributed by atoms with E-state index in [0.29, 0.717) is 18.7 Å². The van der Waals surface area contributed by atoms with Crippen LogP contribution in [0.3, 0.4) is 0 Å². The molecule has 0 aliphatic rings. The molecule has 0 radical (unpaired) electrons. The predicted octanol–water partition coefficient (Wildman–Crippen LogP) is 6.32. The zero-order chi connectivity index (χ0) is 22.7. The summed E-state index contributed by atoms with van der Waals surface area (Å²) in [5.41, 5.74) is 5.40. The van der Waals surface area contributed by atoms with Crippen molar-refractivity contribution in [3.8, 4) is 5.75 Å². The van der Waals surface area contributed by atoms with Crippen molar-refractivity contribution in [2.24, 2.45) is 0 Å². The molecule has 0 saturated heterocycles. The lowest BCUT2D eigenvalue weighted by Gasteiger charge is -2.24. The molecule has 4 aromatic rings. The third-order valence-corrected chi connectivity index (χ3v) is 5.66. The molecule has 4 rings (SSSR count). The molecule has 0 fully saturated rings. The zero-order valence-corrected chi connectivity index (χ0v) is 18.8. The zero-order valence-electron chi connectivity index (χ0n) is 18.8. The van der Waals surface area contributed by atoms with E-state index >= 15 is 0 Å². The summed E-state index contributed by atoms with van der Waals surface area (Å²) in [4.78, 5) is 13.9. The molecular weight excluding hydrogens is 406 g/mol. The largest absolute Gasteiger partial charge is 0.489 e. The van der Waals surface area contributed by atoms with E-state index in [0.717, 1.165) is 42.7 Å². The molecule has 0 saturated carbocycles. The number of hydrogen-bond acceptors (Lipinski definition) is 3. The molecular formula is C30H29NO2. The Labute approximate surface area is 196 Å². The van der Waals surface area contributed by atoms with Gasteiger partial charge in [-0.15, -0.1) is 0 Å². The van der Waals surface area contributed by atoms with Crippen molar-refractivity contribution in [2.45, 2.75) is 26.1 Å². The van der Waals surface area contributed by atoms with Crippen LogP contribution in [-0.2, 0) is 26.1 Å². The van der Waals surface area contributed by atoms with Gasteiger partial charge in [0.2, 0.25) is 0 Å². The van der Waals surface area contributed by atoms with Gasteiger partial charge in [-0.1, -0.05) is 91.0 Å². The van der Waals surface area contributed by atoms with Crippen LogP contribution in [0.2, 0.25) is 0 Å². The number of benzene rings is 4. The monoisotopic (exact) mass is 435 g/mol. The number of aldehydes is 1. The summed E-state index contributed by atoms with van der Waals surface area (Å²) in [6.45, 7) is 2.93. The number of ether oxygens (including phenoxy) is 1. The van der Waals surface area contributed by atoms with Crippen molar-refractivity contribution in [3.63, 3.8) is 0 Å². The van der Waals surface area contributed by atoms with Gasteiger partial charge < -0.3 is 4.74 Å². The van der Waals surface area contributed by atoms with Crippen LogP contribution >= 0.6 is 0 Å². The number of nitrogens with zero attached hydrogens (tertiary/aromatic N) is 1. The second-order valence-electron chi connectivity index (χ2n) is 8.19. The SMILES string of the molecule is O=Cc1ccc(OCc2ccccc2)c(CN(CCc2ccccc2)Cc2ccccc2)c1. The molecule has 0 atom stereocenters. The van der Waals surface area contributed by atoms with E-state index in [-0.39, 0.29) is 0 Å². The molecule has 0 N–H and O–H groups in total. The maximum atomic E-state index is 11.5. The van der Waals surface area contributed by atoms with E-state index in [2.05, 4.69) is 65.6 Å². The van der Waals surface area contributed by atoms with E-state index in [9.17, 15) is 4.79 Å². The van der Waals surface area contributed by atoms with Crippen LogP contribution in [-0.4, -0.2) is 17.7 Å². The predicted molar refractivity (Wildman–Crippen MR) is 133 cm³/mol. The molecule has 0 amide bonds. The molecule has 0 spiro atoms. The van der Waals surface area contributed by atoms with Crippen molar-refractivity contribution < 1.29 is 9.53 Å². The Morgan fingerprint density at radius 3 is 1.91 bits per heavy atom. The summed E-state index contributed by atoms with van der Waals surface area (Å²) in [5, 5.41) is 0.